The van der Waals surface area contributed by atoms with Crippen LogP contribution in [0.15, 0.2) is 55.1 Å². The lowest BCUT2D eigenvalue weighted by Crippen LogP contribution is -1.98. The molecule has 0 fully saturated rings. The predicted octanol–water partition coefficient (Wildman–Crippen LogP) is 4.93. The van der Waals surface area contributed by atoms with Crippen LogP contribution >= 0.6 is 43.6 Å². The van der Waals surface area contributed by atoms with Crippen molar-refractivity contribution in [3.05, 3.63) is 56.5 Å². The van der Waals surface area contributed by atoms with Gasteiger partial charge in [0, 0.05) is 18.7 Å². The molecule has 6 heteroatoms. The Hall–Kier alpha value is -1.29. The van der Waals surface area contributed by atoms with E-state index in [9.17, 15) is 9.90 Å². The van der Waals surface area contributed by atoms with Crippen molar-refractivity contribution in [2.45, 2.75) is 9.79 Å². The minimum atomic E-state index is -0.992. The number of carboxylic acid groups (broad SMARTS) is 1. The number of aromatic carboxylic acids is 1. The van der Waals surface area contributed by atoms with Gasteiger partial charge >= 0.3 is 5.97 Å². The third-order valence-electron chi connectivity index (χ3n) is 2.46. The molecule has 3 nitrogen and oxygen atoms in total. The van der Waals surface area contributed by atoms with E-state index in [1.54, 1.807) is 36.4 Å². The molecule has 0 bridgehead atoms. The third kappa shape index (κ3) is 3.42. The van der Waals surface area contributed by atoms with Gasteiger partial charge < -0.3 is 5.11 Å². The molecule has 0 atom stereocenters. The molecule has 0 aliphatic heterocycles. The maximum atomic E-state index is 11.2. The molecular formula is C14H7Br2NO2S. The van der Waals surface area contributed by atoms with E-state index < -0.39 is 5.97 Å². The van der Waals surface area contributed by atoms with E-state index in [1.807, 2.05) is 0 Å². The molecule has 2 aromatic rings. The highest BCUT2D eigenvalue weighted by Gasteiger charge is 2.13. The Kier molecular flexibility index (Phi) is 4.86. The first-order valence-electron chi connectivity index (χ1n) is 5.41. The van der Waals surface area contributed by atoms with E-state index in [2.05, 4.69) is 37.9 Å². The molecule has 0 radical (unpaired) electrons. The Morgan fingerprint density at radius 3 is 2.30 bits per heavy atom. The number of carboxylic acids is 1. The van der Waals surface area contributed by atoms with Crippen molar-refractivity contribution >= 4 is 49.6 Å². The summed E-state index contributed by atoms with van der Waals surface area (Å²) in [5.74, 6) is -0.992. The fourth-order valence-electron chi connectivity index (χ4n) is 1.55. The summed E-state index contributed by atoms with van der Waals surface area (Å²) < 4.78 is 1.63. The average molecular weight is 413 g/mol. The lowest BCUT2D eigenvalue weighted by molar-refractivity contribution is 0.0693. The largest absolute Gasteiger partial charge is 0.478 e. The molecular weight excluding hydrogens is 406 g/mol. The van der Waals surface area contributed by atoms with Gasteiger partial charge in [0.25, 0.3) is 0 Å². The molecule has 1 N–H and O–H groups in total. The summed E-state index contributed by atoms with van der Waals surface area (Å²) in [5, 5.41) is 18.3. The first kappa shape index (κ1) is 15.1. The van der Waals surface area contributed by atoms with Gasteiger partial charge in [0.05, 0.1) is 11.1 Å². The maximum absolute atomic E-state index is 11.2. The van der Waals surface area contributed by atoms with Crippen LogP contribution in [0.5, 0.6) is 0 Å². The zero-order valence-electron chi connectivity index (χ0n) is 9.93. The van der Waals surface area contributed by atoms with Gasteiger partial charge in [0.2, 0.25) is 0 Å². The summed E-state index contributed by atoms with van der Waals surface area (Å²) in [7, 11) is 0. The first-order valence-corrected chi connectivity index (χ1v) is 7.82. The Bertz CT molecular complexity index is 726. The summed E-state index contributed by atoms with van der Waals surface area (Å²) in [6.07, 6.45) is 0. The van der Waals surface area contributed by atoms with Crippen LogP contribution in [-0.2, 0) is 0 Å². The van der Waals surface area contributed by atoms with E-state index in [0.29, 0.717) is 15.4 Å². The molecule has 0 aromatic heterocycles. The quantitative estimate of drug-likeness (QED) is 0.775. The molecule has 0 saturated carbocycles. The Labute approximate surface area is 136 Å². The van der Waals surface area contributed by atoms with Gasteiger partial charge in [-0.25, -0.2) is 4.79 Å². The fraction of sp³-hybridized carbons (Fsp3) is 0. The van der Waals surface area contributed by atoms with Gasteiger partial charge in [-0.2, -0.15) is 5.26 Å². The van der Waals surface area contributed by atoms with Crippen LogP contribution in [0.25, 0.3) is 0 Å². The summed E-state index contributed by atoms with van der Waals surface area (Å²) in [5.41, 5.74) is 0.719. The second kappa shape index (κ2) is 6.44. The van der Waals surface area contributed by atoms with Crippen molar-refractivity contribution in [1.29, 1.82) is 5.26 Å². The minimum Gasteiger partial charge on any atom is -0.478 e. The molecule has 0 amide bonds. The summed E-state index contributed by atoms with van der Waals surface area (Å²) >= 11 is 7.94. The number of carbonyl (C=O) groups is 1. The van der Waals surface area contributed by atoms with Crippen molar-refractivity contribution in [1.82, 2.24) is 0 Å². The predicted molar refractivity (Wildman–Crippen MR) is 84.1 cm³/mol. The molecule has 0 saturated heterocycles. The van der Waals surface area contributed by atoms with Gasteiger partial charge in [-0.15, -0.1) is 0 Å². The number of hydrogen-bond donors (Lipinski definition) is 1. The van der Waals surface area contributed by atoms with Gasteiger partial charge in [0.1, 0.15) is 6.07 Å². The Morgan fingerprint density at radius 2 is 1.70 bits per heavy atom. The van der Waals surface area contributed by atoms with Crippen LogP contribution in [0.2, 0.25) is 0 Å². The van der Waals surface area contributed by atoms with Gasteiger partial charge in [0.15, 0.2) is 0 Å². The molecule has 0 unspecified atom stereocenters. The number of nitriles is 1. The van der Waals surface area contributed by atoms with Crippen molar-refractivity contribution in [3.63, 3.8) is 0 Å². The van der Waals surface area contributed by atoms with Gasteiger partial charge in [-0.1, -0.05) is 43.6 Å². The van der Waals surface area contributed by atoms with Crippen molar-refractivity contribution in [2.75, 3.05) is 0 Å². The van der Waals surface area contributed by atoms with E-state index >= 15 is 0 Å². The van der Waals surface area contributed by atoms with Gasteiger partial charge in [-0.05, 0) is 36.4 Å². The molecule has 100 valence electrons. The molecule has 0 spiro atoms. The zero-order chi connectivity index (χ0) is 14.7. The molecule has 0 heterocycles. The second-order valence-corrected chi connectivity index (χ2v) is 6.72. The normalized spacial score (nSPS) is 10.1. The number of halogens is 2. The molecule has 0 aliphatic carbocycles. The van der Waals surface area contributed by atoms with Crippen LogP contribution in [0.3, 0.4) is 0 Å². The summed E-state index contributed by atoms with van der Waals surface area (Å²) in [6, 6.07) is 12.3. The lowest BCUT2D eigenvalue weighted by Gasteiger charge is -2.08. The van der Waals surface area contributed by atoms with Crippen molar-refractivity contribution < 1.29 is 9.90 Å². The maximum Gasteiger partial charge on any atom is 0.336 e. The average Bonchev–Trinajstić information content (AvgIpc) is 2.38. The number of benzene rings is 2. The molecule has 0 aliphatic rings. The number of nitrogens with zero attached hydrogens (tertiary/aromatic N) is 1. The smallest absolute Gasteiger partial charge is 0.336 e. The first-order chi connectivity index (χ1) is 9.51. The Balaban J connectivity index is 2.50. The Morgan fingerprint density at radius 1 is 1.10 bits per heavy atom. The van der Waals surface area contributed by atoms with E-state index in [4.69, 9.17) is 5.26 Å². The summed E-state index contributed by atoms with van der Waals surface area (Å²) in [4.78, 5) is 12.5. The SMILES string of the molecule is N#Cc1ccc(Br)cc1Sc1cc(Br)ccc1C(=O)O. The van der Waals surface area contributed by atoms with Crippen molar-refractivity contribution in [3.8, 4) is 6.07 Å². The minimum absolute atomic E-state index is 0.210. The monoisotopic (exact) mass is 411 g/mol. The third-order valence-corrected chi connectivity index (χ3v) is 4.56. The van der Waals surface area contributed by atoms with E-state index in [0.717, 1.165) is 8.95 Å². The number of rotatable bonds is 3. The van der Waals surface area contributed by atoms with Crippen LogP contribution in [0.1, 0.15) is 15.9 Å². The van der Waals surface area contributed by atoms with Crippen LogP contribution in [-0.4, -0.2) is 11.1 Å². The topological polar surface area (TPSA) is 61.1 Å². The molecule has 2 rings (SSSR count). The summed E-state index contributed by atoms with van der Waals surface area (Å²) in [6.45, 7) is 0. The second-order valence-electron chi connectivity index (χ2n) is 3.80. The van der Waals surface area contributed by atoms with Crippen molar-refractivity contribution in [2.24, 2.45) is 0 Å². The van der Waals surface area contributed by atoms with Crippen LogP contribution < -0.4 is 0 Å². The van der Waals surface area contributed by atoms with Crippen LogP contribution in [0, 0.1) is 11.3 Å². The molecule has 2 aromatic carbocycles. The molecule has 20 heavy (non-hydrogen) atoms. The van der Waals surface area contributed by atoms with E-state index in [-0.39, 0.29) is 5.56 Å². The highest BCUT2D eigenvalue weighted by atomic mass is 79.9. The van der Waals surface area contributed by atoms with E-state index in [1.165, 1.54) is 11.8 Å². The highest BCUT2D eigenvalue weighted by molar-refractivity contribution is 9.10. The number of hydrogen-bond acceptors (Lipinski definition) is 3. The standard InChI is InChI=1S/C14H7Br2NO2S/c15-9-2-1-8(7-17)12(5-9)20-13-6-10(16)3-4-11(13)14(18)19/h1-6H,(H,18,19). The van der Waals surface area contributed by atoms with Gasteiger partial charge in [-0.3, -0.25) is 0 Å². The van der Waals surface area contributed by atoms with Crippen LogP contribution in [0.4, 0.5) is 0 Å². The zero-order valence-corrected chi connectivity index (χ0v) is 13.9. The lowest BCUT2D eigenvalue weighted by atomic mass is 10.2. The fourth-order valence-corrected chi connectivity index (χ4v) is 3.67. The highest BCUT2D eigenvalue weighted by Crippen LogP contribution is 2.35.